The molecule has 4 aliphatic heterocycles. The predicted molar refractivity (Wildman–Crippen MR) is 235 cm³/mol. The van der Waals surface area contributed by atoms with Crippen LogP contribution in [0.15, 0.2) is 41.8 Å². The number of hydrogen-bond acceptors (Lipinski definition) is 12. The molecule has 9 rings (SSSR count). The molecule has 0 spiro atoms. The van der Waals surface area contributed by atoms with E-state index in [1.165, 1.54) is 0 Å². The molecule has 4 amide bonds. The van der Waals surface area contributed by atoms with Gasteiger partial charge in [-0.25, -0.2) is 24.5 Å². The van der Waals surface area contributed by atoms with Gasteiger partial charge in [-0.15, -0.1) is 11.3 Å². The molecule has 6 atom stereocenters. The van der Waals surface area contributed by atoms with Crippen molar-refractivity contribution in [2.45, 2.75) is 103 Å². The Bertz CT molecular complexity index is 2300. The lowest BCUT2D eigenvalue weighted by atomic mass is 10.0. The van der Waals surface area contributed by atoms with Crippen LogP contribution < -0.4 is 10.6 Å². The third-order valence-corrected chi connectivity index (χ3v) is 13.4. The highest BCUT2D eigenvalue weighted by molar-refractivity contribution is 7.13. The number of likely N-dealkylation sites (tertiary alicyclic amines) is 2. The van der Waals surface area contributed by atoms with E-state index < -0.39 is 24.3 Å². The summed E-state index contributed by atoms with van der Waals surface area (Å²) in [4.78, 5) is 78.9. The van der Waals surface area contributed by atoms with Crippen LogP contribution in [-0.4, -0.2) is 123 Å². The highest BCUT2D eigenvalue weighted by atomic mass is 32.1. The number of nitrogens with one attached hydrogen (secondary N) is 4. The highest BCUT2D eigenvalue weighted by Gasteiger charge is 2.40. The molecule has 0 radical (unpaired) electrons. The van der Waals surface area contributed by atoms with Gasteiger partial charge in [-0.05, 0) is 67.9 Å². The number of alkyl carbamates (subject to hydrolysis) is 2. The minimum atomic E-state index is -0.734. The van der Waals surface area contributed by atoms with Gasteiger partial charge in [0, 0.05) is 42.4 Å². The standard InChI is InChI=1S/C45H55N9O8S/c1-24(2)37(51-44(57)61-28-13-17-59-21-28)42(55)53-15-5-7-35(53)39-46-30-11-9-26(19-32(30)48-39)34-23-63-41(50-34)27-10-12-31-33(20-27)49-40(47-31)36-8-6-16-54(36)43(56)38(25(3)4)52-45(58)62-29-14-18-60-22-29/h9-12,19-20,23-25,28-29,35-38H,5-8,13-18,21-22H2,1-4H3,(H,46,48)(H,47,49)(H,51,57)(H,52,58)/t28-,29-,35-,36-,37-,38-/m0/s1. The van der Waals surface area contributed by atoms with E-state index in [1.54, 1.807) is 11.3 Å². The summed E-state index contributed by atoms with van der Waals surface area (Å²) >= 11 is 1.55. The van der Waals surface area contributed by atoms with Crippen molar-refractivity contribution in [1.82, 2.24) is 45.4 Å². The number of carbonyl (C=O) groups excluding carboxylic acids is 4. The number of aromatic nitrogens is 5. The number of ether oxygens (including phenoxy) is 4. The minimum Gasteiger partial charge on any atom is -0.444 e. The Morgan fingerprint density at radius 3 is 1.67 bits per heavy atom. The van der Waals surface area contributed by atoms with E-state index in [9.17, 15) is 19.2 Å². The van der Waals surface area contributed by atoms with E-state index in [0.29, 0.717) is 64.0 Å². The zero-order chi connectivity index (χ0) is 43.8. The molecule has 4 fully saturated rings. The second-order valence-electron chi connectivity index (χ2n) is 17.6. The number of imidazole rings is 2. The molecule has 0 saturated carbocycles. The first-order valence-electron chi connectivity index (χ1n) is 22.2. The van der Waals surface area contributed by atoms with E-state index in [2.05, 4.69) is 20.6 Å². The maximum atomic E-state index is 13.9. The van der Waals surface area contributed by atoms with E-state index in [-0.39, 0.29) is 47.9 Å². The fourth-order valence-electron chi connectivity index (χ4n) is 9.06. The average molecular weight is 882 g/mol. The fourth-order valence-corrected chi connectivity index (χ4v) is 9.88. The molecule has 4 N–H and O–H groups in total. The molecule has 4 aliphatic rings. The molecule has 334 valence electrons. The molecule has 3 aromatic heterocycles. The molecule has 5 aromatic rings. The summed E-state index contributed by atoms with van der Waals surface area (Å²) < 4.78 is 21.7. The number of benzene rings is 2. The Morgan fingerprint density at radius 1 is 0.698 bits per heavy atom. The number of hydrogen-bond donors (Lipinski definition) is 4. The Labute approximate surface area is 369 Å². The normalized spacial score (nSPS) is 22.4. The number of thiazole rings is 1. The smallest absolute Gasteiger partial charge is 0.408 e. The van der Waals surface area contributed by atoms with Crippen LogP contribution in [0.1, 0.15) is 90.0 Å². The number of carbonyl (C=O) groups is 4. The van der Waals surface area contributed by atoms with Crippen LogP contribution >= 0.6 is 11.3 Å². The van der Waals surface area contributed by atoms with Gasteiger partial charge in [0.25, 0.3) is 0 Å². The quantitative estimate of drug-likeness (QED) is 0.105. The number of nitrogens with zero attached hydrogens (tertiary/aromatic N) is 5. The topological polar surface area (TPSA) is 206 Å². The SMILES string of the molecule is CC(C)[C@H](NC(=O)O[C@H]1CCOC1)C(=O)N1CCC[C@H]1c1nc2ccc(-c3csc(-c4ccc5nc([C@@H]6CCCN6C(=O)[C@@H](NC(=O)O[C@H]6CCOC6)C(C)C)[nH]c5c4)n3)cc2[nH]1. The number of H-pyrrole nitrogens is 2. The zero-order valence-corrected chi connectivity index (χ0v) is 36.9. The summed E-state index contributed by atoms with van der Waals surface area (Å²) in [5.74, 6) is 0.838. The molecular weight excluding hydrogens is 827 g/mol. The lowest BCUT2D eigenvalue weighted by Crippen LogP contribution is -2.51. The van der Waals surface area contributed by atoms with E-state index in [0.717, 1.165) is 69.6 Å². The predicted octanol–water partition coefficient (Wildman–Crippen LogP) is 6.64. The second-order valence-corrected chi connectivity index (χ2v) is 18.5. The van der Waals surface area contributed by atoms with Crippen molar-refractivity contribution in [3.63, 3.8) is 0 Å². The summed E-state index contributed by atoms with van der Waals surface area (Å²) in [5.41, 5.74) is 5.97. The van der Waals surface area contributed by atoms with E-state index >= 15 is 0 Å². The second kappa shape index (κ2) is 18.3. The van der Waals surface area contributed by atoms with Gasteiger partial charge in [0.2, 0.25) is 11.8 Å². The third kappa shape index (κ3) is 9.11. The van der Waals surface area contributed by atoms with Crippen LogP contribution in [-0.2, 0) is 28.5 Å². The van der Waals surface area contributed by atoms with Gasteiger partial charge >= 0.3 is 12.2 Å². The minimum absolute atomic E-state index is 0.143. The summed E-state index contributed by atoms with van der Waals surface area (Å²) in [7, 11) is 0. The van der Waals surface area contributed by atoms with Crippen LogP contribution in [0.4, 0.5) is 9.59 Å². The fraction of sp³-hybridized carbons (Fsp3) is 0.533. The van der Waals surface area contributed by atoms with Crippen molar-refractivity contribution in [1.29, 1.82) is 0 Å². The van der Waals surface area contributed by atoms with E-state index in [1.807, 2.05) is 79.3 Å². The largest absolute Gasteiger partial charge is 0.444 e. The Balaban J connectivity index is 0.872. The molecule has 17 nitrogen and oxygen atoms in total. The van der Waals surface area contributed by atoms with Gasteiger partial charge < -0.3 is 49.3 Å². The first kappa shape index (κ1) is 42.7. The Hall–Kier alpha value is -5.59. The van der Waals surface area contributed by atoms with Crippen LogP contribution in [0.5, 0.6) is 0 Å². The number of aromatic amines is 2. The summed E-state index contributed by atoms with van der Waals surface area (Å²) in [6.45, 7) is 10.7. The van der Waals surface area contributed by atoms with Crippen molar-refractivity contribution in [2.75, 3.05) is 39.5 Å². The van der Waals surface area contributed by atoms with Crippen LogP contribution in [0.3, 0.4) is 0 Å². The summed E-state index contributed by atoms with van der Waals surface area (Å²) in [5, 5.41) is 8.54. The first-order valence-corrected chi connectivity index (χ1v) is 23.0. The van der Waals surface area contributed by atoms with Crippen molar-refractivity contribution in [3.8, 4) is 21.8 Å². The van der Waals surface area contributed by atoms with Gasteiger partial charge in [0.15, 0.2) is 0 Å². The van der Waals surface area contributed by atoms with Crippen molar-refractivity contribution >= 4 is 57.4 Å². The average Bonchev–Trinajstić information content (AvgIpc) is 4.12. The molecule has 0 bridgehead atoms. The van der Waals surface area contributed by atoms with Gasteiger partial charge in [-0.2, -0.15) is 0 Å². The van der Waals surface area contributed by atoms with Crippen LogP contribution in [0.25, 0.3) is 43.9 Å². The molecule has 4 saturated heterocycles. The monoisotopic (exact) mass is 881 g/mol. The maximum absolute atomic E-state index is 13.9. The van der Waals surface area contributed by atoms with Gasteiger partial charge in [0.1, 0.15) is 40.9 Å². The van der Waals surface area contributed by atoms with Crippen molar-refractivity contribution in [2.24, 2.45) is 11.8 Å². The zero-order valence-electron chi connectivity index (χ0n) is 36.1. The lowest BCUT2D eigenvalue weighted by Gasteiger charge is -2.30. The molecule has 18 heteroatoms. The molecule has 7 heterocycles. The Morgan fingerprint density at radius 2 is 1.19 bits per heavy atom. The molecule has 2 aromatic carbocycles. The van der Waals surface area contributed by atoms with Crippen LogP contribution in [0.2, 0.25) is 0 Å². The summed E-state index contributed by atoms with van der Waals surface area (Å²) in [6.07, 6.45) is 2.65. The van der Waals surface area contributed by atoms with Crippen LogP contribution in [0, 0.1) is 11.8 Å². The van der Waals surface area contributed by atoms with Gasteiger partial charge in [0.05, 0.1) is 66.3 Å². The lowest BCUT2D eigenvalue weighted by molar-refractivity contribution is -0.136. The van der Waals surface area contributed by atoms with Gasteiger partial charge in [-0.1, -0.05) is 33.8 Å². The van der Waals surface area contributed by atoms with Crippen molar-refractivity contribution in [3.05, 3.63) is 53.4 Å². The van der Waals surface area contributed by atoms with E-state index in [4.69, 9.17) is 33.9 Å². The van der Waals surface area contributed by atoms with Crippen molar-refractivity contribution < 1.29 is 38.1 Å². The maximum Gasteiger partial charge on any atom is 0.408 e. The Kier molecular flexibility index (Phi) is 12.4. The van der Waals surface area contributed by atoms with Gasteiger partial charge in [-0.3, -0.25) is 9.59 Å². The number of amides is 4. The number of fused-ring (bicyclic) bond motifs is 2. The highest BCUT2D eigenvalue weighted by Crippen LogP contribution is 2.37. The molecular formula is C45H55N9O8S. The molecule has 0 unspecified atom stereocenters. The summed E-state index contributed by atoms with van der Waals surface area (Å²) in [6, 6.07) is 10.1. The molecule has 0 aliphatic carbocycles. The first-order chi connectivity index (χ1) is 30.5. The number of rotatable bonds is 12. The third-order valence-electron chi connectivity index (χ3n) is 12.5. The molecule has 63 heavy (non-hydrogen) atoms.